The lowest BCUT2D eigenvalue weighted by molar-refractivity contribution is -0.0254. The third-order valence-electron chi connectivity index (χ3n) is 4.09. The molecule has 2 heterocycles. The summed E-state index contributed by atoms with van der Waals surface area (Å²) in [5, 5.41) is 3.45. The van der Waals surface area contributed by atoms with E-state index in [4.69, 9.17) is 4.74 Å². The van der Waals surface area contributed by atoms with Crippen LogP contribution in [0.25, 0.3) is 11.4 Å². The van der Waals surface area contributed by atoms with E-state index in [9.17, 15) is 0 Å². The van der Waals surface area contributed by atoms with Gasteiger partial charge in [-0.25, -0.2) is 9.97 Å². The van der Waals surface area contributed by atoms with Gasteiger partial charge in [0.2, 0.25) is 0 Å². The molecule has 0 bridgehead atoms. The average molecular weight is 312 g/mol. The summed E-state index contributed by atoms with van der Waals surface area (Å²) in [6, 6.07) is 12.0. The van der Waals surface area contributed by atoms with Crippen molar-refractivity contribution in [1.82, 2.24) is 20.2 Å². The Kier molecular flexibility index (Phi) is 5.69. The molecule has 0 amide bonds. The molecule has 3 rings (SSSR count). The van der Waals surface area contributed by atoms with Crippen molar-refractivity contribution in [2.24, 2.45) is 0 Å². The number of hydrogen-bond acceptors (Lipinski definition) is 5. The average Bonchev–Trinajstić information content (AvgIpc) is 2.63. The lowest BCUT2D eigenvalue weighted by Gasteiger charge is -2.32. The first-order valence-corrected chi connectivity index (χ1v) is 8.27. The molecule has 1 aromatic heterocycles. The minimum Gasteiger partial charge on any atom is -0.374 e. The number of benzene rings is 1. The van der Waals surface area contributed by atoms with Crippen molar-refractivity contribution in [2.45, 2.75) is 19.6 Å². The van der Waals surface area contributed by atoms with Gasteiger partial charge < -0.3 is 10.1 Å². The second-order valence-corrected chi connectivity index (χ2v) is 5.75. The van der Waals surface area contributed by atoms with Gasteiger partial charge in [0.05, 0.1) is 18.4 Å². The quantitative estimate of drug-likeness (QED) is 0.883. The van der Waals surface area contributed by atoms with Crippen LogP contribution >= 0.6 is 0 Å². The van der Waals surface area contributed by atoms with E-state index in [-0.39, 0.29) is 6.10 Å². The molecule has 1 aliphatic heterocycles. The Hall–Kier alpha value is -1.82. The summed E-state index contributed by atoms with van der Waals surface area (Å²) >= 11 is 0. The SMILES string of the molecule is CCN1CCO[C@@H](CNCc2ccnc(-c3ccccc3)n2)C1. The number of nitrogens with zero attached hydrogens (tertiary/aromatic N) is 3. The molecule has 1 saturated heterocycles. The van der Waals surface area contributed by atoms with Crippen molar-refractivity contribution in [3.05, 3.63) is 48.3 Å². The molecule has 23 heavy (non-hydrogen) atoms. The van der Waals surface area contributed by atoms with E-state index in [0.717, 1.165) is 56.4 Å². The maximum absolute atomic E-state index is 5.80. The Bertz CT molecular complexity index is 605. The van der Waals surface area contributed by atoms with Crippen molar-refractivity contribution in [3.8, 4) is 11.4 Å². The van der Waals surface area contributed by atoms with Gasteiger partial charge in [0, 0.05) is 37.9 Å². The van der Waals surface area contributed by atoms with Crippen LogP contribution in [0.5, 0.6) is 0 Å². The number of ether oxygens (including phenoxy) is 1. The minimum atomic E-state index is 0.263. The van der Waals surface area contributed by atoms with Crippen LogP contribution in [-0.4, -0.2) is 53.8 Å². The van der Waals surface area contributed by atoms with Crippen LogP contribution in [0.2, 0.25) is 0 Å². The first-order chi connectivity index (χ1) is 11.3. The second-order valence-electron chi connectivity index (χ2n) is 5.75. The minimum absolute atomic E-state index is 0.263. The van der Waals surface area contributed by atoms with Gasteiger partial charge in [-0.15, -0.1) is 0 Å². The van der Waals surface area contributed by atoms with Crippen LogP contribution < -0.4 is 5.32 Å². The van der Waals surface area contributed by atoms with Crippen LogP contribution in [0.15, 0.2) is 42.6 Å². The molecule has 5 nitrogen and oxygen atoms in total. The molecule has 1 fully saturated rings. The summed E-state index contributed by atoms with van der Waals surface area (Å²) < 4.78 is 5.80. The van der Waals surface area contributed by atoms with Crippen LogP contribution in [0, 0.1) is 0 Å². The monoisotopic (exact) mass is 312 g/mol. The van der Waals surface area contributed by atoms with Crippen molar-refractivity contribution in [1.29, 1.82) is 0 Å². The third-order valence-corrected chi connectivity index (χ3v) is 4.09. The summed E-state index contributed by atoms with van der Waals surface area (Å²) in [6.07, 6.45) is 2.08. The molecule has 0 spiro atoms. The Morgan fingerprint density at radius 1 is 1.26 bits per heavy atom. The Balaban J connectivity index is 1.53. The highest BCUT2D eigenvalue weighted by molar-refractivity contribution is 5.54. The van der Waals surface area contributed by atoms with E-state index < -0.39 is 0 Å². The van der Waals surface area contributed by atoms with Gasteiger partial charge in [-0.05, 0) is 12.6 Å². The topological polar surface area (TPSA) is 50.3 Å². The smallest absolute Gasteiger partial charge is 0.159 e. The molecule has 1 aliphatic rings. The van der Waals surface area contributed by atoms with Gasteiger partial charge in [-0.1, -0.05) is 37.3 Å². The van der Waals surface area contributed by atoms with E-state index in [1.807, 2.05) is 42.6 Å². The van der Waals surface area contributed by atoms with Crippen LogP contribution in [-0.2, 0) is 11.3 Å². The van der Waals surface area contributed by atoms with Crippen LogP contribution in [0.4, 0.5) is 0 Å². The molecular weight excluding hydrogens is 288 g/mol. The fourth-order valence-electron chi connectivity index (χ4n) is 2.77. The molecule has 0 aliphatic carbocycles. The molecule has 0 saturated carbocycles. The third kappa shape index (κ3) is 4.58. The first-order valence-electron chi connectivity index (χ1n) is 8.27. The summed E-state index contributed by atoms with van der Waals surface area (Å²) in [4.78, 5) is 11.4. The molecule has 2 aromatic rings. The normalized spacial score (nSPS) is 18.9. The maximum Gasteiger partial charge on any atom is 0.159 e. The standard InChI is InChI=1S/C18H24N4O/c1-2-22-10-11-23-17(14-22)13-19-12-16-8-9-20-18(21-16)15-6-4-3-5-7-15/h3-9,17,19H,2,10-14H2,1H3/t17-/m0/s1. The Morgan fingerprint density at radius 2 is 2.13 bits per heavy atom. The van der Waals surface area contributed by atoms with E-state index in [2.05, 4.69) is 27.1 Å². The fourth-order valence-corrected chi connectivity index (χ4v) is 2.77. The highest BCUT2D eigenvalue weighted by atomic mass is 16.5. The van der Waals surface area contributed by atoms with E-state index >= 15 is 0 Å². The number of hydrogen-bond donors (Lipinski definition) is 1. The number of morpholine rings is 1. The second kappa shape index (κ2) is 8.15. The largest absolute Gasteiger partial charge is 0.374 e. The van der Waals surface area contributed by atoms with E-state index in [1.165, 1.54) is 0 Å². The molecule has 122 valence electrons. The molecule has 1 N–H and O–H groups in total. The van der Waals surface area contributed by atoms with Gasteiger partial charge in [0.25, 0.3) is 0 Å². The van der Waals surface area contributed by atoms with Crippen molar-refractivity contribution in [2.75, 3.05) is 32.8 Å². The Labute approximate surface area is 137 Å². The highest BCUT2D eigenvalue weighted by Gasteiger charge is 2.18. The van der Waals surface area contributed by atoms with E-state index in [0.29, 0.717) is 0 Å². The predicted molar refractivity (Wildman–Crippen MR) is 91.0 cm³/mol. The number of rotatable bonds is 6. The van der Waals surface area contributed by atoms with Gasteiger partial charge in [-0.2, -0.15) is 0 Å². The fraction of sp³-hybridized carbons (Fsp3) is 0.444. The summed E-state index contributed by atoms with van der Waals surface area (Å²) in [5.41, 5.74) is 2.05. The number of likely N-dealkylation sites (N-methyl/N-ethyl adjacent to an activating group) is 1. The molecule has 1 atom stereocenters. The molecular formula is C18H24N4O. The van der Waals surface area contributed by atoms with Gasteiger partial charge in [0.1, 0.15) is 0 Å². The summed E-state index contributed by atoms with van der Waals surface area (Å²) in [5.74, 6) is 0.774. The zero-order chi connectivity index (χ0) is 15.9. The van der Waals surface area contributed by atoms with Crippen molar-refractivity contribution < 1.29 is 4.74 Å². The molecule has 0 unspecified atom stereocenters. The Morgan fingerprint density at radius 3 is 2.96 bits per heavy atom. The van der Waals surface area contributed by atoms with Gasteiger partial charge in [0.15, 0.2) is 5.82 Å². The summed E-state index contributed by atoms with van der Waals surface area (Å²) in [6.45, 7) is 7.73. The summed E-state index contributed by atoms with van der Waals surface area (Å²) in [7, 11) is 0. The first kappa shape index (κ1) is 16.1. The molecule has 0 radical (unpaired) electrons. The van der Waals surface area contributed by atoms with Crippen molar-refractivity contribution >= 4 is 0 Å². The lowest BCUT2D eigenvalue weighted by atomic mass is 10.2. The molecule has 1 aromatic carbocycles. The van der Waals surface area contributed by atoms with Gasteiger partial charge >= 0.3 is 0 Å². The highest BCUT2D eigenvalue weighted by Crippen LogP contribution is 2.13. The predicted octanol–water partition coefficient (Wildman–Crippen LogP) is 1.95. The number of aromatic nitrogens is 2. The van der Waals surface area contributed by atoms with Crippen LogP contribution in [0.3, 0.4) is 0 Å². The van der Waals surface area contributed by atoms with E-state index in [1.54, 1.807) is 0 Å². The van der Waals surface area contributed by atoms with Crippen molar-refractivity contribution in [3.63, 3.8) is 0 Å². The molecule has 5 heteroatoms. The zero-order valence-corrected chi connectivity index (χ0v) is 13.6. The lowest BCUT2D eigenvalue weighted by Crippen LogP contribution is -2.46. The maximum atomic E-state index is 5.80. The van der Waals surface area contributed by atoms with Gasteiger partial charge in [-0.3, -0.25) is 4.90 Å². The zero-order valence-electron chi connectivity index (χ0n) is 13.6. The number of nitrogens with one attached hydrogen (secondary N) is 1. The van der Waals surface area contributed by atoms with Crippen LogP contribution in [0.1, 0.15) is 12.6 Å².